The molecule has 3 amide bonds. The van der Waals surface area contributed by atoms with Gasteiger partial charge in [0, 0.05) is 14.1 Å². The number of hydrogen-bond acceptors (Lipinski definition) is 4. The van der Waals surface area contributed by atoms with Gasteiger partial charge >= 0.3 is 0 Å². The van der Waals surface area contributed by atoms with Gasteiger partial charge in [0.15, 0.2) is 11.6 Å². The number of piperazine rings is 1. The van der Waals surface area contributed by atoms with E-state index in [1.807, 2.05) is 38.1 Å². The molecule has 0 saturated carbocycles. The van der Waals surface area contributed by atoms with Crippen LogP contribution in [0.4, 0.5) is 4.39 Å². The summed E-state index contributed by atoms with van der Waals surface area (Å²) in [6.07, 6.45) is 1.65. The van der Waals surface area contributed by atoms with E-state index in [1.165, 1.54) is 15.9 Å². The number of nitrogens with zero attached hydrogens (tertiary/aromatic N) is 2. The SMILES string of the molecule is CC(C)CC1C(=O)NC(C2Cc3ccccc3C2)C(=O)N1C(C(=O)N(C)C)c1ccc(O)c(F)c1. The number of amides is 3. The van der Waals surface area contributed by atoms with E-state index in [0.717, 1.165) is 23.3 Å². The number of carbonyl (C=O) groups excluding carboxylic acids is 3. The van der Waals surface area contributed by atoms with Crippen LogP contribution in [0.3, 0.4) is 0 Å². The van der Waals surface area contributed by atoms with Crippen molar-refractivity contribution in [3.05, 3.63) is 65.0 Å². The molecular weight excluding hydrogens is 449 g/mol. The van der Waals surface area contributed by atoms with Gasteiger partial charge in [0.05, 0.1) is 0 Å². The average Bonchev–Trinajstić information content (AvgIpc) is 3.23. The van der Waals surface area contributed by atoms with Crippen LogP contribution in [-0.4, -0.2) is 58.8 Å². The number of halogens is 1. The Morgan fingerprint density at radius 2 is 1.77 bits per heavy atom. The Hall–Kier alpha value is -3.42. The Kier molecular flexibility index (Phi) is 6.83. The molecule has 0 bridgehead atoms. The first-order chi connectivity index (χ1) is 16.6. The molecule has 2 aromatic rings. The molecule has 186 valence electrons. The largest absolute Gasteiger partial charge is 0.505 e. The predicted octanol–water partition coefficient (Wildman–Crippen LogP) is 2.82. The van der Waals surface area contributed by atoms with Crippen LogP contribution in [0.5, 0.6) is 5.75 Å². The van der Waals surface area contributed by atoms with Gasteiger partial charge in [0.1, 0.15) is 18.1 Å². The number of carbonyl (C=O) groups is 3. The van der Waals surface area contributed by atoms with Gasteiger partial charge in [-0.2, -0.15) is 0 Å². The Morgan fingerprint density at radius 1 is 1.14 bits per heavy atom. The maximum atomic E-state index is 14.4. The van der Waals surface area contributed by atoms with Crippen molar-refractivity contribution in [1.29, 1.82) is 0 Å². The molecule has 1 aliphatic heterocycles. The Morgan fingerprint density at radius 3 is 2.31 bits per heavy atom. The molecule has 1 aliphatic carbocycles. The lowest BCUT2D eigenvalue weighted by Gasteiger charge is -2.45. The quantitative estimate of drug-likeness (QED) is 0.664. The van der Waals surface area contributed by atoms with E-state index in [1.54, 1.807) is 14.1 Å². The van der Waals surface area contributed by atoms with Gasteiger partial charge in [-0.3, -0.25) is 14.4 Å². The van der Waals surface area contributed by atoms with E-state index >= 15 is 0 Å². The van der Waals surface area contributed by atoms with Gasteiger partial charge in [-0.25, -0.2) is 4.39 Å². The summed E-state index contributed by atoms with van der Waals surface area (Å²) >= 11 is 0. The van der Waals surface area contributed by atoms with Crippen molar-refractivity contribution in [1.82, 2.24) is 15.1 Å². The minimum atomic E-state index is -1.20. The second kappa shape index (κ2) is 9.68. The first-order valence-corrected chi connectivity index (χ1v) is 12.0. The van der Waals surface area contributed by atoms with Gasteiger partial charge in [0.2, 0.25) is 17.7 Å². The van der Waals surface area contributed by atoms with Gasteiger partial charge in [0.25, 0.3) is 0 Å². The van der Waals surface area contributed by atoms with Crippen molar-refractivity contribution >= 4 is 17.7 Å². The van der Waals surface area contributed by atoms with Crippen LogP contribution in [-0.2, 0) is 27.2 Å². The first kappa shape index (κ1) is 24.7. The average molecular weight is 482 g/mol. The summed E-state index contributed by atoms with van der Waals surface area (Å²) in [5.41, 5.74) is 2.51. The van der Waals surface area contributed by atoms with E-state index in [4.69, 9.17) is 0 Å². The number of benzene rings is 2. The minimum Gasteiger partial charge on any atom is -0.505 e. The van der Waals surface area contributed by atoms with E-state index in [-0.39, 0.29) is 29.2 Å². The highest BCUT2D eigenvalue weighted by Crippen LogP contribution is 2.36. The molecule has 2 N–H and O–H groups in total. The molecule has 2 aromatic carbocycles. The smallest absolute Gasteiger partial charge is 0.249 e. The van der Waals surface area contributed by atoms with Crippen molar-refractivity contribution in [3.8, 4) is 5.75 Å². The fourth-order valence-corrected chi connectivity index (χ4v) is 5.23. The van der Waals surface area contributed by atoms with E-state index in [9.17, 15) is 23.9 Å². The van der Waals surface area contributed by atoms with Crippen molar-refractivity contribution < 1.29 is 23.9 Å². The number of nitrogens with one attached hydrogen (secondary N) is 1. The fourth-order valence-electron chi connectivity index (χ4n) is 5.23. The Labute approximate surface area is 204 Å². The molecule has 1 heterocycles. The number of aromatic hydroxyl groups is 1. The van der Waals surface area contributed by atoms with Crippen molar-refractivity contribution in [2.24, 2.45) is 11.8 Å². The van der Waals surface area contributed by atoms with Crippen LogP contribution < -0.4 is 5.32 Å². The van der Waals surface area contributed by atoms with Crippen LogP contribution in [0.25, 0.3) is 0 Å². The first-order valence-electron chi connectivity index (χ1n) is 12.0. The summed E-state index contributed by atoms with van der Waals surface area (Å²) < 4.78 is 14.4. The van der Waals surface area contributed by atoms with Crippen LogP contribution in [0.2, 0.25) is 0 Å². The lowest BCUT2D eigenvalue weighted by Crippen LogP contribution is -2.67. The zero-order chi connectivity index (χ0) is 25.4. The normalized spacial score (nSPS) is 21.1. The summed E-state index contributed by atoms with van der Waals surface area (Å²) in [5.74, 6) is -2.61. The molecule has 35 heavy (non-hydrogen) atoms. The minimum absolute atomic E-state index is 0.0694. The van der Waals surface area contributed by atoms with Gasteiger partial charge in [-0.15, -0.1) is 0 Å². The molecule has 3 unspecified atom stereocenters. The zero-order valence-electron chi connectivity index (χ0n) is 20.5. The second-order valence-electron chi connectivity index (χ2n) is 10.2. The molecule has 0 aromatic heterocycles. The van der Waals surface area contributed by atoms with Crippen LogP contribution in [0.15, 0.2) is 42.5 Å². The standard InChI is InChI=1S/C27H32FN3O4/c1-15(2)11-21-25(33)29-23(19-12-16-7-5-6-8-17(16)13-19)26(34)31(21)24(27(35)30(3)4)18-9-10-22(32)20(28)14-18/h5-10,14-15,19,21,23-24,32H,11-13H2,1-4H3,(H,29,33). The molecule has 2 aliphatic rings. The highest BCUT2D eigenvalue weighted by atomic mass is 19.1. The van der Waals surface area contributed by atoms with Gasteiger partial charge in [-0.05, 0) is 59.9 Å². The summed E-state index contributed by atoms with van der Waals surface area (Å²) in [4.78, 5) is 43.7. The van der Waals surface area contributed by atoms with E-state index in [2.05, 4.69) is 5.32 Å². The topological polar surface area (TPSA) is 90.0 Å². The third-order valence-corrected chi connectivity index (χ3v) is 6.95. The second-order valence-corrected chi connectivity index (χ2v) is 10.2. The lowest BCUT2D eigenvalue weighted by atomic mass is 9.88. The third-order valence-electron chi connectivity index (χ3n) is 6.95. The van der Waals surface area contributed by atoms with Crippen LogP contribution >= 0.6 is 0 Å². The summed E-state index contributed by atoms with van der Waals surface area (Å²) in [6, 6.07) is 8.75. The molecule has 3 atom stereocenters. The van der Waals surface area contributed by atoms with Crippen molar-refractivity contribution in [3.63, 3.8) is 0 Å². The Balaban J connectivity index is 1.77. The number of fused-ring (bicyclic) bond motifs is 1. The Bertz CT molecular complexity index is 1120. The van der Waals surface area contributed by atoms with Gasteiger partial charge in [-0.1, -0.05) is 44.2 Å². The molecular formula is C27H32FN3O4. The highest BCUT2D eigenvalue weighted by molar-refractivity contribution is 6.00. The zero-order valence-corrected chi connectivity index (χ0v) is 20.5. The molecule has 0 spiro atoms. The fraction of sp³-hybridized carbons (Fsp3) is 0.444. The third kappa shape index (κ3) is 4.74. The summed E-state index contributed by atoms with van der Waals surface area (Å²) in [7, 11) is 3.12. The maximum absolute atomic E-state index is 14.4. The molecule has 8 heteroatoms. The number of phenolic OH excluding ortho intramolecular Hbond substituents is 1. The molecule has 1 saturated heterocycles. The monoisotopic (exact) mass is 481 g/mol. The molecule has 1 fully saturated rings. The molecule has 0 radical (unpaired) electrons. The lowest BCUT2D eigenvalue weighted by molar-refractivity contribution is -0.159. The summed E-state index contributed by atoms with van der Waals surface area (Å²) in [5, 5.41) is 12.7. The molecule has 7 nitrogen and oxygen atoms in total. The van der Waals surface area contributed by atoms with Crippen molar-refractivity contribution in [2.45, 2.75) is 51.2 Å². The number of rotatable bonds is 6. The van der Waals surface area contributed by atoms with Crippen LogP contribution in [0, 0.1) is 17.7 Å². The summed E-state index contributed by atoms with van der Waals surface area (Å²) in [6.45, 7) is 3.89. The molecule has 4 rings (SSSR count). The number of likely N-dealkylation sites (N-methyl/N-ethyl adjacent to an activating group) is 1. The maximum Gasteiger partial charge on any atom is 0.249 e. The van der Waals surface area contributed by atoms with E-state index in [0.29, 0.717) is 19.3 Å². The van der Waals surface area contributed by atoms with Crippen LogP contribution in [0.1, 0.15) is 43.0 Å². The van der Waals surface area contributed by atoms with Crippen molar-refractivity contribution in [2.75, 3.05) is 14.1 Å². The highest BCUT2D eigenvalue weighted by Gasteiger charge is 2.49. The van der Waals surface area contributed by atoms with E-state index < -0.39 is 35.6 Å². The number of hydrogen-bond donors (Lipinski definition) is 2. The number of phenols is 1. The predicted molar refractivity (Wildman–Crippen MR) is 129 cm³/mol. The van der Waals surface area contributed by atoms with Gasteiger partial charge < -0.3 is 20.2 Å².